The Morgan fingerprint density at radius 1 is 1.24 bits per heavy atom. The zero-order valence-corrected chi connectivity index (χ0v) is 9.99. The molecule has 0 bridgehead atoms. The lowest BCUT2D eigenvalue weighted by molar-refractivity contribution is 0.355. The second kappa shape index (κ2) is 3.84. The molecule has 0 saturated heterocycles. The van der Waals surface area contributed by atoms with Gasteiger partial charge in [-0.1, -0.05) is 0 Å². The SMILES string of the molecule is COc1cc2nc3n(c2cc1OC)CCCN3. The highest BCUT2D eigenvalue weighted by Gasteiger charge is 2.16. The van der Waals surface area contributed by atoms with Crippen molar-refractivity contribution in [3.8, 4) is 11.5 Å². The van der Waals surface area contributed by atoms with Crippen LogP contribution < -0.4 is 14.8 Å². The van der Waals surface area contributed by atoms with Gasteiger partial charge in [0.05, 0.1) is 25.3 Å². The number of aromatic nitrogens is 2. The number of anilines is 1. The van der Waals surface area contributed by atoms with Gasteiger partial charge in [-0.2, -0.15) is 0 Å². The Bertz CT molecular complexity index is 562. The summed E-state index contributed by atoms with van der Waals surface area (Å²) in [6.07, 6.45) is 1.12. The van der Waals surface area contributed by atoms with Crippen LogP contribution in [0.25, 0.3) is 11.0 Å². The average molecular weight is 233 g/mol. The van der Waals surface area contributed by atoms with Gasteiger partial charge in [-0.15, -0.1) is 0 Å². The Hall–Kier alpha value is -1.91. The first-order valence-electron chi connectivity index (χ1n) is 5.69. The van der Waals surface area contributed by atoms with Crippen LogP contribution >= 0.6 is 0 Å². The van der Waals surface area contributed by atoms with E-state index in [2.05, 4.69) is 14.9 Å². The van der Waals surface area contributed by atoms with Crippen LogP contribution in [0.15, 0.2) is 12.1 Å². The van der Waals surface area contributed by atoms with E-state index in [0.717, 1.165) is 48.0 Å². The number of nitrogens with one attached hydrogen (secondary N) is 1. The van der Waals surface area contributed by atoms with Gasteiger partial charge in [0.25, 0.3) is 0 Å². The number of nitrogens with zero attached hydrogens (tertiary/aromatic N) is 2. The minimum atomic E-state index is 0.718. The second-order valence-electron chi connectivity index (χ2n) is 4.06. The molecule has 2 aromatic rings. The monoisotopic (exact) mass is 233 g/mol. The zero-order chi connectivity index (χ0) is 11.8. The summed E-state index contributed by atoms with van der Waals surface area (Å²) in [6.45, 7) is 1.98. The Balaban J connectivity index is 2.24. The molecule has 0 unspecified atom stereocenters. The lowest BCUT2D eigenvalue weighted by Crippen LogP contribution is -2.16. The third-order valence-electron chi connectivity index (χ3n) is 3.10. The topological polar surface area (TPSA) is 48.3 Å². The van der Waals surface area contributed by atoms with E-state index in [1.54, 1.807) is 14.2 Å². The van der Waals surface area contributed by atoms with Crippen molar-refractivity contribution in [1.29, 1.82) is 0 Å². The minimum Gasteiger partial charge on any atom is -0.493 e. The lowest BCUT2D eigenvalue weighted by atomic mass is 10.2. The van der Waals surface area contributed by atoms with Gasteiger partial charge in [0.15, 0.2) is 11.5 Å². The minimum absolute atomic E-state index is 0.718. The maximum Gasteiger partial charge on any atom is 0.203 e. The van der Waals surface area contributed by atoms with Crippen LogP contribution in [0.1, 0.15) is 6.42 Å². The van der Waals surface area contributed by atoms with Gasteiger partial charge in [-0.25, -0.2) is 4.98 Å². The normalized spacial score (nSPS) is 14.2. The molecule has 90 valence electrons. The van der Waals surface area contributed by atoms with E-state index in [1.165, 1.54) is 0 Å². The molecule has 0 atom stereocenters. The highest BCUT2D eigenvalue weighted by molar-refractivity contribution is 5.83. The standard InChI is InChI=1S/C12H15N3O2/c1-16-10-6-8-9(7-11(10)17-2)15-5-3-4-13-12(15)14-8/h6-7H,3-5H2,1-2H3,(H,13,14). The summed E-state index contributed by atoms with van der Waals surface area (Å²) >= 11 is 0. The predicted molar refractivity (Wildman–Crippen MR) is 65.9 cm³/mol. The molecule has 0 saturated carbocycles. The van der Waals surface area contributed by atoms with Gasteiger partial charge in [0.2, 0.25) is 5.95 Å². The fraction of sp³-hybridized carbons (Fsp3) is 0.417. The van der Waals surface area contributed by atoms with Crippen LogP contribution in [0.4, 0.5) is 5.95 Å². The molecule has 3 rings (SSSR count). The summed E-state index contributed by atoms with van der Waals surface area (Å²) in [5.41, 5.74) is 2.02. The highest BCUT2D eigenvalue weighted by Crippen LogP contribution is 2.34. The van der Waals surface area contributed by atoms with E-state index in [4.69, 9.17) is 9.47 Å². The van der Waals surface area contributed by atoms with E-state index in [-0.39, 0.29) is 0 Å². The highest BCUT2D eigenvalue weighted by atomic mass is 16.5. The molecule has 0 radical (unpaired) electrons. The Morgan fingerprint density at radius 2 is 2.00 bits per heavy atom. The van der Waals surface area contributed by atoms with Crippen LogP contribution in [0.3, 0.4) is 0 Å². The van der Waals surface area contributed by atoms with E-state index in [0.29, 0.717) is 0 Å². The number of hydrogen-bond donors (Lipinski definition) is 1. The fourth-order valence-corrected chi connectivity index (χ4v) is 2.25. The fourth-order valence-electron chi connectivity index (χ4n) is 2.25. The lowest BCUT2D eigenvalue weighted by Gasteiger charge is -2.16. The van der Waals surface area contributed by atoms with Gasteiger partial charge in [-0.05, 0) is 6.42 Å². The van der Waals surface area contributed by atoms with E-state index >= 15 is 0 Å². The zero-order valence-electron chi connectivity index (χ0n) is 9.99. The molecule has 1 aromatic carbocycles. The third kappa shape index (κ3) is 1.50. The number of methoxy groups -OCH3 is 2. The van der Waals surface area contributed by atoms with Crippen LogP contribution in [-0.2, 0) is 6.54 Å². The van der Waals surface area contributed by atoms with Crippen molar-refractivity contribution >= 4 is 17.0 Å². The first-order chi connectivity index (χ1) is 8.33. The van der Waals surface area contributed by atoms with Crippen LogP contribution in [0, 0.1) is 0 Å². The first kappa shape index (κ1) is 10.3. The molecule has 5 heteroatoms. The molecule has 0 fully saturated rings. The molecule has 1 aliphatic rings. The van der Waals surface area contributed by atoms with Gasteiger partial charge in [-0.3, -0.25) is 0 Å². The Morgan fingerprint density at radius 3 is 2.76 bits per heavy atom. The van der Waals surface area contributed by atoms with Gasteiger partial charge in [0, 0.05) is 25.2 Å². The van der Waals surface area contributed by atoms with Crippen LogP contribution in [-0.4, -0.2) is 30.3 Å². The van der Waals surface area contributed by atoms with Gasteiger partial charge < -0.3 is 19.4 Å². The summed E-state index contributed by atoms with van der Waals surface area (Å²) in [4.78, 5) is 4.55. The van der Waals surface area contributed by atoms with Crippen molar-refractivity contribution in [1.82, 2.24) is 9.55 Å². The van der Waals surface area contributed by atoms with E-state index in [1.807, 2.05) is 12.1 Å². The van der Waals surface area contributed by atoms with Gasteiger partial charge in [0.1, 0.15) is 0 Å². The Kier molecular flexibility index (Phi) is 2.31. The third-order valence-corrected chi connectivity index (χ3v) is 3.10. The maximum atomic E-state index is 5.32. The quantitative estimate of drug-likeness (QED) is 0.860. The van der Waals surface area contributed by atoms with Crippen LogP contribution in [0.2, 0.25) is 0 Å². The Labute approximate surface area is 99.3 Å². The molecule has 1 aliphatic heterocycles. The number of imidazole rings is 1. The molecule has 1 aromatic heterocycles. The number of benzene rings is 1. The predicted octanol–water partition coefficient (Wildman–Crippen LogP) is 1.87. The van der Waals surface area contributed by atoms with Crippen LogP contribution in [0.5, 0.6) is 11.5 Å². The van der Waals surface area contributed by atoms with Crippen molar-refractivity contribution in [3.05, 3.63) is 12.1 Å². The number of rotatable bonds is 2. The summed E-state index contributed by atoms with van der Waals surface area (Å²) in [5.74, 6) is 2.39. The number of fused-ring (bicyclic) bond motifs is 3. The van der Waals surface area contributed by atoms with Crippen molar-refractivity contribution in [3.63, 3.8) is 0 Å². The smallest absolute Gasteiger partial charge is 0.203 e. The number of ether oxygens (including phenoxy) is 2. The van der Waals surface area contributed by atoms with E-state index in [9.17, 15) is 0 Å². The number of hydrogen-bond acceptors (Lipinski definition) is 4. The summed E-state index contributed by atoms with van der Waals surface area (Å²) < 4.78 is 12.8. The molecule has 0 spiro atoms. The summed E-state index contributed by atoms with van der Waals surface area (Å²) in [6, 6.07) is 3.90. The summed E-state index contributed by atoms with van der Waals surface area (Å²) in [7, 11) is 3.29. The second-order valence-corrected chi connectivity index (χ2v) is 4.06. The van der Waals surface area contributed by atoms with E-state index < -0.39 is 0 Å². The maximum absolute atomic E-state index is 5.32. The average Bonchev–Trinajstić information content (AvgIpc) is 2.74. The molecule has 17 heavy (non-hydrogen) atoms. The van der Waals surface area contributed by atoms with Crippen molar-refractivity contribution in [2.75, 3.05) is 26.1 Å². The number of aryl methyl sites for hydroxylation is 1. The largest absolute Gasteiger partial charge is 0.493 e. The molecular weight excluding hydrogens is 218 g/mol. The first-order valence-corrected chi connectivity index (χ1v) is 5.69. The molecule has 0 amide bonds. The summed E-state index contributed by atoms with van der Waals surface area (Å²) in [5, 5.41) is 3.30. The molecule has 0 aliphatic carbocycles. The van der Waals surface area contributed by atoms with Crippen molar-refractivity contribution in [2.45, 2.75) is 13.0 Å². The van der Waals surface area contributed by atoms with Crippen molar-refractivity contribution < 1.29 is 9.47 Å². The van der Waals surface area contributed by atoms with Gasteiger partial charge >= 0.3 is 0 Å². The molecule has 1 N–H and O–H groups in total. The van der Waals surface area contributed by atoms with Crippen molar-refractivity contribution in [2.24, 2.45) is 0 Å². The molecule has 2 heterocycles. The molecular formula is C12H15N3O2. The molecule has 5 nitrogen and oxygen atoms in total.